The Hall–Kier alpha value is -3.66. The lowest BCUT2D eigenvalue weighted by Crippen LogP contribution is -2.68. The van der Waals surface area contributed by atoms with E-state index in [-0.39, 0.29) is 31.3 Å². The van der Waals surface area contributed by atoms with E-state index in [0.717, 1.165) is 5.56 Å². The van der Waals surface area contributed by atoms with Crippen molar-refractivity contribution in [2.45, 2.75) is 38.5 Å². The summed E-state index contributed by atoms with van der Waals surface area (Å²) >= 11 is 0. The molecule has 0 radical (unpaired) electrons. The van der Waals surface area contributed by atoms with Gasteiger partial charge in [0.15, 0.2) is 0 Å². The Bertz CT molecular complexity index is 1060. The summed E-state index contributed by atoms with van der Waals surface area (Å²) in [6.07, 6.45) is 0.993. The number of ether oxygens (including phenoxy) is 1. The van der Waals surface area contributed by atoms with Crippen LogP contribution < -0.4 is 4.90 Å². The number of hydrogen-bond donors (Lipinski definition) is 0. The van der Waals surface area contributed by atoms with E-state index in [9.17, 15) is 14.4 Å². The molecular weight excluding hydrogens is 382 g/mol. The number of hydrogen-bond acceptors (Lipinski definition) is 5. The number of esters is 1. The zero-order chi connectivity index (χ0) is 21.3. The molecule has 7 nitrogen and oxygen atoms in total. The number of amides is 2. The summed E-state index contributed by atoms with van der Waals surface area (Å²) in [4.78, 5) is 42.4. The van der Waals surface area contributed by atoms with Gasteiger partial charge in [0.25, 0.3) is 5.91 Å². The molecule has 1 atom stereocenters. The predicted octanol–water partition coefficient (Wildman–Crippen LogP) is 2.99. The van der Waals surface area contributed by atoms with Crippen LogP contribution in [-0.2, 0) is 20.9 Å². The molecule has 30 heavy (non-hydrogen) atoms. The monoisotopic (exact) mass is 403 g/mol. The Morgan fingerprint density at radius 1 is 1.17 bits per heavy atom. The van der Waals surface area contributed by atoms with Crippen LogP contribution in [0.3, 0.4) is 0 Å². The van der Waals surface area contributed by atoms with Gasteiger partial charge >= 0.3 is 5.97 Å². The topological polar surface area (TPSA) is 90.7 Å². The van der Waals surface area contributed by atoms with Crippen LogP contribution in [0.1, 0.15) is 47.7 Å². The number of fused-ring (bicyclic) bond motifs is 3. The maximum absolute atomic E-state index is 13.4. The standard InChI is InChI=1S/C23H21N3O4/c1-2-13-25-21(28)18-5-3-4-6-19(18)26-20(27)11-12-23(25,26)22(29)30-15-17-9-7-16(14-24)8-10-17/h3-10H,2,11-13,15H2,1H3/t23-/m1/s1. The molecule has 1 saturated heterocycles. The van der Waals surface area contributed by atoms with E-state index in [1.807, 2.05) is 13.0 Å². The molecular formula is C23H21N3O4. The van der Waals surface area contributed by atoms with Crippen molar-refractivity contribution in [1.82, 2.24) is 4.90 Å². The molecule has 0 saturated carbocycles. The van der Waals surface area contributed by atoms with E-state index in [1.54, 1.807) is 48.5 Å². The molecule has 2 aromatic carbocycles. The van der Waals surface area contributed by atoms with Gasteiger partial charge in [0.05, 0.1) is 22.9 Å². The average molecular weight is 403 g/mol. The molecule has 2 heterocycles. The van der Waals surface area contributed by atoms with Crippen LogP contribution in [0.5, 0.6) is 0 Å². The van der Waals surface area contributed by atoms with Gasteiger partial charge in [-0.15, -0.1) is 0 Å². The van der Waals surface area contributed by atoms with E-state index < -0.39 is 11.6 Å². The molecule has 2 aromatic rings. The van der Waals surface area contributed by atoms with Crippen molar-refractivity contribution in [1.29, 1.82) is 5.26 Å². The lowest BCUT2D eigenvalue weighted by atomic mass is 9.96. The first-order valence-corrected chi connectivity index (χ1v) is 9.93. The van der Waals surface area contributed by atoms with E-state index in [2.05, 4.69) is 0 Å². The van der Waals surface area contributed by atoms with Crippen molar-refractivity contribution in [3.63, 3.8) is 0 Å². The van der Waals surface area contributed by atoms with Gasteiger partial charge in [0.1, 0.15) is 6.61 Å². The van der Waals surface area contributed by atoms with E-state index in [0.29, 0.717) is 29.8 Å². The molecule has 2 aliphatic heterocycles. The van der Waals surface area contributed by atoms with Crippen LogP contribution in [-0.4, -0.2) is 34.9 Å². The second kappa shape index (κ2) is 7.64. The Kier molecular flexibility index (Phi) is 5.00. The van der Waals surface area contributed by atoms with Gasteiger partial charge in [-0.3, -0.25) is 14.5 Å². The summed E-state index contributed by atoms with van der Waals surface area (Å²) in [6, 6.07) is 15.6. The minimum Gasteiger partial charge on any atom is -0.458 e. The van der Waals surface area contributed by atoms with Crippen LogP contribution in [0, 0.1) is 11.3 Å². The third-order valence-corrected chi connectivity index (χ3v) is 5.60. The zero-order valence-electron chi connectivity index (χ0n) is 16.6. The summed E-state index contributed by atoms with van der Waals surface area (Å²) < 4.78 is 5.62. The average Bonchev–Trinajstić information content (AvgIpc) is 3.13. The minimum atomic E-state index is -1.47. The first-order valence-electron chi connectivity index (χ1n) is 9.93. The van der Waals surface area contributed by atoms with Crippen LogP contribution in [0.15, 0.2) is 48.5 Å². The summed E-state index contributed by atoms with van der Waals surface area (Å²) in [6.45, 7) is 2.25. The number of carbonyl (C=O) groups is 3. The fourth-order valence-corrected chi connectivity index (χ4v) is 4.22. The summed E-state index contributed by atoms with van der Waals surface area (Å²) in [5.74, 6) is -1.09. The van der Waals surface area contributed by atoms with Gasteiger partial charge in [-0.1, -0.05) is 31.2 Å². The van der Waals surface area contributed by atoms with Crippen molar-refractivity contribution in [3.8, 4) is 6.07 Å². The number of nitriles is 1. The fraction of sp³-hybridized carbons (Fsp3) is 0.304. The molecule has 0 aromatic heterocycles. The number of para-hydroxylation sites is 1. The number of anilines is 1. The van der Waals surface area contributed by atoms with Crippen molar-refractivity contribution in [2.75, 3.05) is 11.4 Å². The highest BCUT2D eigenvalue weighted by molar-refractivity contribution is 6.15. The Morgan fingerprint density at radius 3 is 2.60 bits per heavy atom. The van der Waals surface area contributed by atoms with E-state index in [1.165, 1.54) is 9.80 Å². The molecule has 0 spiro atoms. The predicted molar refractivity (Wildman–Crippen MR) is 108 cm³/mol. The molecule has 2 amide bonds. The van der Waals surface area contributed by atoms with Gasteiger partial charge in [0, 0.05) is 19.4 Å². The van der Waals surface area contributed by atoms with Crippen LogP contribution in [0.4, 0.5) is 5.69 Å². The van der Waals surface area contributed by atoms with Crippen molar-refractivity contribution in [2.24, 2.45) is 0 Å². The second-order valence-corrected chi connectivity index (χ2v) is 7.40. The molecule has 152 valence electrons. The maximum Gasteiger partial charge on any atom is 0.354 e. The Balaban J connectivity index is 1.70. The van der Waals surface area contributed by atoms with Crippen LogP contribution >= 0.6 is 0 Å². The third kappa shape index (κ3) is 2.92. The van der Waals surface area contributed by atoms with Gasteiger partial charge in [-0.25, -0.2) is 4.79 Å². The molecule has 0 N–H and O–H groups in total. The van der Waals surface area contributed by atoms with Crippen LogP contribution in [0.25, 0.3) is 0 Å². The van der Waals surface area contributed by atoms with E-state index >= 15 is 0 Å². The first kappa shape index (κ1) is 19.6. The summed E-state index contributed by atoms with van der Waals surface area (Å²) in [5.41, 5.74) is 0.633. The van der Waals surface area contributed by atoms with Crippen LogP contribution in [0.2, 0.25) is 0 Å². The SMILES string of the molecule is CCCN1C(=O)c2ccccc2N2C(=O)CC[C@@]12C(=O)OCc1ccc(C#N)cc1. The highest BCUT2D eigenvalue weighted by Crippen LogP contribution is 2.45. The van der Waals surface area contributed by atoms with Crippen molar-refractivity contribution < 1.29 is 19.1 Å². The molecule has 4 rings (SSSR count). The molecule has 0 unspecified atom stereocenters. The second-order valence-electron chi connectivity index (χ2n) is 7.40. The number of benzene rings is 2. The largest absolute Gasteiger partial charge is 0.458 e. The summed E-state index contributed by atoms with van der Waals surface area (Å²) in [5, 5.41) is 8.92. The lowest BCUT2D eigenvalue weighted by molar-refractivity contribution is -0.158. The molecule has 0 bridgehead atoms. The number of rotatable bonds is 5. The summed E-state index contributed by atoms with van der Waals surface area (Å²) in [7, 11) is 0. The zero-order valence-corrected chi connectivity index (χ0v) is 16.6. The van der Waals surface area contributed by atoms with E-state index in [4.69, 9.17) is 10.00 Å². The van der Waals surface area contributed by atoms with Gasteiger partial charge < -0.3 is 9.64 Å². The number of carbonyl (C=O) groups excluding carboxylic acids is 3. The maximum atomic E-state index is 13.4. The molecule has 0 aliphatic carbocycles. The van der Waals surface area contributed by atoms with Gasteiger partial charge in [-0.2, -0.15) is 5.26 Å². The molecule has 7 heteroatoms. The normalized spacial score (nSPS) is 19.9. The van der Waals surface area contributed by atoms with Crippen molar-refractivity contribution in [3.05, 3.63) is 65.2 Å². The molecule has 2 aliphatic rings. The smallest absolute Gasteiger partial charge is 0.354 e. The first-order chi connectivity index (χ1) is 14.5. The quantitative estimate of drug-likeness (QED) is 0.716. The Labute approximate surface area is 174 Å². The number of nitrogens with zero attached hydrogens (tertiary/aromatic N) is 3. The van der Waals surface area contributed by atoms with Crippen molar-refractivity contribution >= 4 is 23.5 Å². The highest BCUT2D eigenvalue weighted by Gasteiger charge is 2.61. The highest BCUT2D eigenvalue weighted by atomic mass is 16.5. The van der Waals surface area contributed by atoms with Gasteiger partial charge in [0.2, 0.25) is 11.6 Å². The molecule has 1 fully saturated rings. The minimum absolute atomic E-state index is 0.00980. The third-order valence-electron chi connectivity index (χ3n) is 5.60. The Morgan fingerprint density at radius 2 is 1.90 bits per heavy atom. The lowest BCUT2D eigenvalue weighted by Gasteiger charge is -2.48. The fourth-order valence-electron chi connectivity index (χ4n) is 4.22. The van der Waals surface area contributed by atoms with Gasteiger partial charge in [-0.05, 0) is 36.2 Å².